The Morgan fingerprint density at radius 3 is 2.38 bits per heavy atom. The van der Waals surface area contributed by atoms with Crippen LogP contribution in [-0.4, -0.2) is 26.9 Å². The van der Waals surface area contributed by atoms with E-state index in [1.165, 1.54) is 42.3 Å². The van der Waals surface area contributed by atoms with Gasteiger partial charge in [0.1, 0.15) is 5.76 Å². The highest BCUT2D eigenvalue weighted by atomic mass is 32.2. The van der Waals surface area contributed by atoms with Gasteiger partial charge in [-0.25, -0.2) is 0 Å². The molecule has 0 spiro atoms. The maximum absolute atomic E-state index is 12.9. The molecule has 0 fully saturated rings. The van der Waals surface area contributed by atoms with Gasteiger partial charge in [0, 0.05) is 17.4 Å². The standard InChI is InChI=1S/C18H16N2O5S/c1-11(2)26-16-15(12-5-7-13(8-6-12)20(23)24)17(21)19(18(16)22)10-14-4-3-9-25-14/h3-9,11H,10H2,1-2H3. The number of nitro groups is 1. The molecular formula is C18H16N2O5S. The van der Waals surface area contributed by atoms with E-state index in [2.05, 4.69) is 0 Å². The quantitative estimate of drug-likeness (QED) is 0.437. The number of carbonyl (C=O) groups excluding carboxylic acids is 2. The number of rotatable bonds is 6. The molecule has 1 aromatic carbocycles. The lowest BCUT2D eigenvalue weighted by Crippen LogP contribution is -2.30. The van der Waals surface area contributed by atoms with Gasteiger partial charge in [-0.1, -0.05) is 13.8 Å². The second kappa shape index (κ2) is 7.17. The first kappa shape index (κ1) is 17.9. The van der Waals surface area contributed by atoms with Gasteiger partial charge in [-0.05, 0) is 29.8 Å². The van der Waals surface area contributed by atoms with Gasteiger partial charge >= 0.3 is 0 Å². The molecule has 0 radical (unpaired) electrons. The van der Waals surface area contributed by atoms with Crippen molar-refractivity contribution in [3.8, 4) is 0 Å². The topological polar surface area (TPSA) is 93.7 Å². The van der Waals surface area contributed by atoms with Crippen LogP contribution in [0, 0.1) is 10.1 Å². The van der Waals surface area contributed by atoms with E-state index < -0.39 is 10.8 Å². The fourth-order valence-corrected chi connectivity index (χ4v) is 3.61. The van der Waals surface area contributed by atoms with Gasteiger partial charge in [0.2, 0.25) is 0 Å². The van der Waals surface area contributed by atoms with Crippen LogP contribution in [0.5, 0.6) is 0 Å². The summed E-state index contributed by atoms with van der Waals surface area (Å²) in [6.45, 7) is 3.90. The zero-order valence-electron chi connectivity index (χ0n) is 14.2. The summed E-state index contributed by atoms with van der Waals surface area (Å²) in [5, 5.41) is 10.9. The van der Waals surface area contributed by atoms with Crippen LogP contribution in [0.3, 0.4) is 0 Å². The van der Waals surface area contributed by atoms with Gasteiger partial charge in [-0.2, -0.15) is 0 Å². The smallest absolute Gasteiger partial charge is 0.269 e. The maximum atomic E-state index is 12.9. The largest absolute Gasteiger partial charge is 0.467 e. The van der Waals surface area contributed by atoms with E-state index in [0.717, 1.165) is 4.90 Å². The number of non-ortho nitro benzene ring substituents is 1. The fraction of sp³-hybridized carbons (Fsp3) is 0.222. The van der Waals surface area contributed by atoms with Crippen molar-refractivity contribution in [1.82, 2.24) is 4.90 Å². The lowest BCUT2D eigenvalue weighted by Gasteiger charge is -2.13. The van der Waals surface area contributed by atoms with Crippen molar-refractivity contribution in [2.75, 3.05) is 0 Å². The highest BCUT2D eigenvalue weighted by Gasteiger charge is 2.40. The van der Waals surface area contributed by atoms with Crippen molar-refractivity contribution in [2.45, 2.75) is 25.6 Å². The summed E-state index contributed by atoms with van der Waals surface area (Å²) < 4.78 is 5.25. The van der Waals surface area contributed by atoms with Crippen LogP contribution in [0.4, 0.5) is 5.69 Å². The lowest BCUT2D eigenvalue weighted by atomic mass is 10.1. The number of nitro benzene ring substituents is 1. The van der Waals surface area contributed by atoms with Crippen molar-refractivity contribution in [3.05, 3.63) is 69.0 Å². The number of imide groups is 1. The van der Waals surface area contributed by atoms with Crippen LogP contribution < -0.4 is 0 Å². The van der Waals surface area contributed by atoms with Crippen LogP contribution in [0.25, 0.3) is 5.57 Å². The third kappa shape index (κ3) is 3.41. The Labute approximate surface area is 153 Å². The molecule has 134 valence electrons. The van der Waals surface area contributed by atoms with E-state index in [4.69, 9.17) is 4.42 Å². The summed E-state index contributed by atoms with van der Waals surface area (Å²) in [6, 6.07) is 9.03. The number of hydrogen-bond acceptors (Lipinski definition) is 6. The third-order valence-electron chi connectivity index (χ3n) is 3.74. The number of benzene rings is 1. The normalized spacial score (nSPS) is 14.7. The Hall–Kier alpha value is -2.87. The number of amides is 2. The Balaban J connectivity index is 1.99. The third-order valence-corrected chi connectivity index (χ3v) is 4.83. The van der Waals surface area contributed by atoms with Gasteiger partial charge in [-0.15, -0.1) is 11.8 Å². The van der Waals surface area contributed by atoms with Gasteiger partial charge in [-0.3, -0.25) is 24.6 Å². The van der Waals surface area contributed by atoms with E-state index in [1.54, 1.807) is 12.1 Å². The molecule has 2 heterocycles. The number of thioether (sulfide) groups is 1. The number of hydrogen-bond donors (Lipinski definition) is 0. The van der Waals surface area contributed by atoms with Gasteiger partial charge in [0.25, 0.3) is 17.5 Å². The van der Waals surface area contributed by atoms with E-state index in [0.29, 0.717) is 16.2 Å². The van der Waals surface area contributed by atoms with Crippen molar-refractivity contribution >= 4 is 34.8 Å². The van der Waals surface area contributed by atoms with Crippen LogP contribution >= 0.6 is 11.8 Å². The van der Waals surface area contributed by atoms with Crippen molar-refractivity contribution in [3.63, 3.8) is 0 Å². The molecule has 2 aromatic rings. The Morgan fingerprint density at radius 2 is 1.85 bits per heavy atom. The molecule has 0 unspecified atom stereocenters. The lowest BCUT2D eigenvalue weighted by molar-refractivity contribution is -0.384. The highest BCUT2D eigenvalue weighted by Crippen LogP contribution is 2.38. The fourth-order valence-electron chi connectivity index (χ4n) is 2.61. The second-order valence-corrected chi connectivity index (χ2v) is 7.54. The molecule has 0 N–H and O–H groups in total. The highest BCUT2D eigenvalue weighted by molar-refractivity contribution is 8.04. The molecule has 0 bridgehead atoms. The molecule has 0 aliphatic carbocycles. The molecule has 26 heavy (non-hydrogen) atoms. The monoisotopic (exact) mass is 372 g/mol. The van der Waals surface area contributed by atoms with Gasteiger partial charge < -0.3 is 4.42 Å². The molecule has 0 atom stereocenters. The van der Waals surface area contributed by atoms with E-state index in [1.807, 2.05) is 13.8 Å². The predicted octanol–water partition coefficient (Wildman–Crippen LogP) is 3.61. The first-order chi connectivity index (χ1) is 12.4. The summed E-state index contributed by atoms with van der Waals surface area (Å²) in [5.74, 6) is -0.299. The molecule has 1 aliphatic rings. The first-order valence-corrected chi connectivity index (χ1v) is 8.80. The minimum atomic E-state index is -0.507. The van der Waals surface area contributed by atoms with E-state index in [-0.39, 0.29) is 29.0 Å². The molecule has 3 rings (SSSR count). The zero-order valence-corrected chi connectivity index (χ0v) is 15.0. The SMILES string of the molecule is CC(C)SC1=C(c2ccc([N+](=O)[O-])cc2)C(=O)N(Cc2ccco2)C1=O. The second-order valence-electron chi connectivity index (χ2n) is 5.95. The summed E-state index contributed by atoms with van der Waals surface area (Å²) in [4.78, 5) is 37.5. The molecule has 1 aliphatic heterocycles. The minimum absolute atomic E-state index is 0.0449. The number of furan rings is 1. The van der Waals surface area contributed by atoms with Crippen molar-refractivity contribution in [2.24, 2.45) is 0 Å². The van der Waals surface area contributed by atoms with Crippen LogP contribution in [0.2, 0.25) is 0 Å². The average Bonchev–Trinajstić information content (AvgIpc) is 3.18. The first-order valence-electron chi connectivity index (χ1n) is 7.93. The molecule has 2 amide bonds. The van der Waals surface area contributed by atoms with Crippen molar-refractivity contribution in [1.29, 1.82) is 0 Å². The molecular weight excluding hydrogens is 356 g/mol. The van der Waals surface area contributed by atoms with Gasteiger partial charge in [0.15, 0.2) is 0 Å². The Bertz CT molecular complexity index is 885. The van der Waals surface area contributed by atoms with E-state index >= 15 is 0 Å². The molecule has 7 nitrogen and oxygen atoms in total. The molecule has 8 heteroatoms. The van der Waals surface area contributed by atoms with E-state index in [9.17, 15) is 19.7 Å². The molecule has 0 saturated heterocycles. The zero-order chi connectivity index (χ0) is 18.8. The Kier molecular flexibility index (Phi) is 4.94. The average molecular weight is 372 g/mol. The summed E-state index contributed by atoms with van der Waals surface area (Å²) in [6.07, 6.45) is 1.48. The van der Waals surface area contributed by atoms with Crippen LogP contribution in [-0.2, 0) is 16.1 Å². The Morgan fingerprint density at radius 1 is 1.15 bits per heavy atom. The summed E-state index contributed by atoms with van der Waals surface area (Å²) in [7, 11) is 0. The van der Waals surface area contributed by atoms with Crippen LogP contribution in [0.15, 0.2) is 52.0 Å². The number of carbonyl (C=O) groups is 2. The molecule has 1 aromatic heterocycles. The number of nitrogens with zero attached hydrogens (tertiary/aromatic N) is 2. The summed E-state index contributed by atoms with van der Waals surface area (Å²) in [5.41, 5.74) is 0.686. The maximum Gasteiger partial charge on any atom is 0.269 e. The minimum Gasteiger partial charge on any atom is -0.467 e. The predicted molar refractivity (Wildman–Crippen MR) is 97.0 cm³/mol. The van der Waals surface area contributed by atoms with Crippen LogP contribution in [0.1, 0.15) is 25.2 Å². The van der Waals surface area contributed by atoms with Gasteiger partial charge in [0.05, 0.1) is 28.2 Å². The summed E-state index contributed by atoms with van der Waals surface area (Å²) >= 11 is 1.31. The molecule has 0 saturated carbocycles. The van der Waals surface area contributed by atoms with Crippen molar-refractivity contribution < 1.29 is 18.9 Å².